The van der Waals surface area contributed by atoms with Crippen LogP contribution in [0.25, 0.3) is 38.9 Å². The van der Waals surface area contributed by atoms with Crippen molar-refractivity contribution in [2.45, 2.75) is 0 Å². The lowest BCUT2D eigenvalue weighted by Crippen LogP contribution is -2.19. The molecule has 0 radical (unpaired) electrons. The lowest BCUT2D eigenvalue weighted by atomic mass is 10.0. The molecule has 3 aromatic heterocycles. The molecule has 2 aromatic carbocycles. The fourth-order valence-electron chi connectivity index (χ4n) is 3.62. The van der Waals surface area contributed by atoms with Crippen molar-refractivity contribution in [2.24, 2.45) is 14.1 Å². The number of aryl methyl sites for hydroxylation is 2. The molecule has 0 aliphatic carbocycles. The van der Waals surface area contributed by atoms with Crippen molar-refractivity contribution in [2.75, 3.05) is 7.11 Å². The zero-order valence-corrected chi connectivity index (χ0v) is 16.3. The maximum atomic E-state index is 12.9. The first-order chi connectivity index (χ1) is 14.0. The van der Waals surface area contributed by atoms with E-state index in [1.54, 1.807) is 29.6 Å². The predicted octanol–water partition coefficient (Wildman–Crippen LogP) is 3.26. The van der Waals surface area contributed by atoms with Crippen LogP contribution in [0, 0.1) is 0 Å². The molecular formula is C22H19N5O2. The zero-order chi connectivity index (χ0) is 20.1. The first-order valence-electron chi connectivity index (χ1n) is 9.21. The second-order valence-corrected chi connectivity index (χ2v) is 7.03. The van der Waals surface area contributed by atoms with Crippen LogP contribution in [0.3, 0.4) is 0 Å². The van der Waals surface area contributed by atoms with E-state index in [4.69, 9.17) is 9.84 Å². The molecule has 0 aliphatic rings. The average molecular weight is 385 g/mol. The normalized spacial score (nSPS) is 11.4. The Morgan fingerprint density at radius 2 is 1.69 bits per heavy atom. The third-order valence-corrected chi connectivity index (χ3v) is 5.22. The molecule has 29 heavy (non-hydrogen) atoms. The van der Waals surface area contributed by atoms with Crippen LogP contribution in [0.5, 0.6) is 5.75 Å². The Kier molecular flexibility index (Phi) is 3.77. The lowest BCUT2D eigenvalue weighted by molar-refractivity contribution is 0.415. The fourth-order valence-corrected chi connectivity index (χ4v) is 3.62. The van der Waals surface area contributed by atoms with Gasteiger partial charge in [0.2, 0.25) is 0 Å². The van der Waals surface area contributed by atoms with Crippen LogP contribution in [0.1, 0.15) is 0 Å². The zero-order valence-electron chi connectivity index (χ0n) is 16.3. The second-order valence-electron chi connectivity index (χ2n) is 7.03. The van der Waals surface area contributed by atoms with Crippen LogP contribution < -0.4 is 10.3 Å². The van der Waals surface area contributed by atoms with E-state index in [2.05, 4.69) is 5.10 Å². The first-order valence-corrected chi connectivity index (χ1v) is 9.21. The molecule has 0 amide bonds. The van der Waals surface area contributed by atoms with Crippen LogP contribution in [0.4, 0.5) is 0 Å². The summed E-state index contributed by atoms with van der Waals surface area (Å²) in [7, 11) is 5.28. The molecule has 7 heteroatoms. The van der Waals surface area contributed by atoms with E-state index in [-0.39, 0.29) is 5.56 Å². The van der Waals surface area contributed by atoms with Gasteiger partial charge in [0.05, 0.1) is 29.9 Å². The predicted molar refractivity (Wildman–Crippen MR) is 112 cm³/mol. The van der Waals surface area contributed by atoms with E-state index in [9.17, 15) is 4.79 Å². The average Bonchev–Trinajstić information content (AvgIpc) is 3.38. The van der Waals surface area contributed by atoms with Gasteiger partial charge in [-0.1, -0.05) is 18.2 Å². The summed E-state index contributed by atoms with van der Waals surface area (Å²) in [5.74, 6) is 0.805. The summed E-state index contributed by atoms with van der Waals surface area (Å²) < 4.78 is 10.4. The Balaban J connectivity index is 1.76. The van der Waals surface area contributed by atoms with Gasteiger partial charge in [0.25, 0.3) is 5.56 Å². The van der Waals surface area contributed by atoms with Gasteiger partial charge in [-0.15, -0.1) is 0 Å². The minimum Gasteiger partial charge on any atom is -0.497 e. The summed E-state index contributed by atoms with van der Waals surface area (Å²) >= 11 is 0. The highest BCUT2D eigenvalue weighted by Gasteiger charge is 2.14. The highest BCUT2D eigenvalue weighted by Crippen LogP contribution is 2.27. The van der Waals surface area contributed by atoms with Crippen LogP contribution in [0.2, 0.25) is 0 Å². The maximum Gasteiger partial charge on any atom is 0.261 e. The molecule has 0 aliphatic heterocycles. The molecule has 0 saturated heterocycles. The van der Waals surface area contributed by atoms with Gasteiger partial charge in [0.15, 0.2) is 0 Å². The highest BCUT2D eigenvalue weighted by molar-refractivity contribution is 5.86. The van der Waals surface area contributed by atoms with Crippen molar-refractivity contribution in [3.63, 3.8) is 0 Å². The van der Waals surface area contributed by atoms with Crippen molar-refractivity contribution >= 4 is 16.6 Å². The molecule has 144 valence electrons. The number of aromatic nitrogens is 5. The minimum atomic E-state index is -0.0496. The Morgan fingerprint density at radius 3 is 2.38 bits per heavy atom. The first kappa shape index (κ1) is 17.2. The molecular weight excluding hydrogens is 366 g/mol. The van der Waals surface area contributed by atoms with Crippen LogP contribution in [0.15, 0.2) is 65.7 Å². The van der Waals surface area contributed by atoms with E-state index in [0.29, 0.717) is 5.39 Å². The van der Waals surface area contributed by atoms with E-state index >= 15 is 0 Å². The van der Waals surface area contributed by atoms with Gasteiger partial charge in [-0.2, -0.15) is 10.2 Å². The van der Waals surface area contributed by atoms with Gasteiger partial charge >= 0.3 is 0 Å². The molecule has 0 bridgehead atoms. The van der Waals surface area contributed by atoms with Crippen molar-refractivity contribution < 1.29 is 4.74 Å². The number of hydrogen-bond donors (Lipinski definition) is 0. The molecule has 0 atom stereocenters. The largest absolute Gasteiger partial charge is 0.497 e. The number of methoxy groups -OCH3 is 1. The third-order valence-electron chi connectivity index (χ3n) is 5.22. The van der Waals surface area contributed by atoms with Crippen molar-refractivity contribution in [1.82, 2.24) is 24.0 Å². The van der Waals surface area contributed by atoms with Crippen LogP contribution in [-0.4, -0.2) is 31.1 Å². The Morgan fingerprint density at radius 1 is 0.931 bits per heavy atom. The van der Waals surface area contributed by atoms with E-state index in [1.807, 2.05) is 66.3 Å². The van der Waals surface area contributed by atoms with E-state index in [1.165, 1.54) is 0 Å². The molecule has 5 aromatic rings. The van der Waals surface area contributed by atoms with E-state index in [0.717, 1.165) is 39.3 Å². The van der Waals surface area contributed by atoms with Gasteiger partial charge in [-0.05, 0) is 35.4 Å². The molecule has 0 fully saturated rings. The Labute approximate surface area is 166 Å². The number of nitrogens with zero attached hydrogens (tertiary/aromatic N) is 5. The lowest BCUT2D eigenvalue weighted by Gasteiger charge is -2.09. The summed E-state index contributed by atoms with van der Waals surface area (Å²) in [5, 5.41) is 9.62. The monoisotopic (exact) mass is 385 g/mol. The fraction of sp³-hybridized carbons (Fsp3) is 0.136. The molecule has 0 spiro atoms. The standard InChI is InChI=1S/C22H19N5O2/c1-25-13-16(12-23-25)19-11-21-26(2)22(28)18-9-6-15(10-20(18)27(21)24-19)14-4-7-17(29-3)8-5-14/h4-13H,1-3H3. The van der Waals surface area contributed by atoms with Gasteiger partial charge < -0.3 is 4.74 Å². The topological polar surface area (TPSA) is 66.4 Å². The van der Waals surface area contributed by atoms with Crippen molar-refractivity contribution in [3.8, 4) is 28.1 Å². The number of hydrogen-bond acceptors (Lipinski definition) is 4. The minimum absolute atomic E-state index is 0.0496. The second kappa shape index (κ2) is 6.34. The quantitative estimate of drug-likeness (QED) is 0.478. The van der Waals surface area contributed by atoms with Gasteiger partial charge in [0, 0.05) is 31.9 Å². The summed E-state index contributed by atoms with van der Waals surface area (Å²) in [5.41, 5.74) is 5.18. The SMILES string of the molecule is COc1ccc(-c2ccc3c(=O)n(C)c4cc(-c5cnn(C)c5)nn4c3c2)cc1. The van der Waals surface area contributed by atoms with Gasteiger partial charge in [-0.25, -0.2) is 4.52 Å². The molecule has 0 unspecified atom stereocenters. The molecule has 5 rings (SSSR count). The number of ether oxygens (including phenoxy) is 1. The molecule has 7 nitrogen and oxygen atoms in total. The summed E-state index contributed by atoms with van der Waals surface area (Å²) in [6.07, 6.45) is 3.68. The maximum absolute atomic E-state index is 12.9. The van der Waals surface area contributed by atoms with Crippen molar-refractivity contribution in [3.05, 3.63) is 71.3 Å². The van der Waals surface area contributed by atoms with Gasteiger partial charge in [-0.3, -0.25) is 14.0 Å². The molecule has 0 saturated carbocycles. The van der Waals surface area contributed by atoms with Gasteiger partial charge in [0.1, 0.15) is 11.4 Å². The van der Waals surface area contributed by atoms with Crippen LogP contribution >= 0.6 is 0 Å². The smallest absolute Gasteiger partial charge is 0.261 e. The number of rotatable bonds is 3. The van der Waals surface area contributed by atoms with Crippen LogP contribution in [-0.2, 0) is 14.1 Å². The Hall–Kier alpha value is -3.87. The number of fused-ring (bicyclic) bond motifs is 3. The molecule has 3 heterocycles. The molecule has 0 N–H and O–H groups in total. The number of benzene rings is 2. The summed E-state index contributed by atoms with van der Waals surface area (Å²) in [4.78, 5) is 12.9. The Bertz CT molecular complexity index is 1420. The third kappa shape index (κ3) is 2.70. The van der Waals surface area contributed by atoms with Crippen molar-refractivity contribution in [1.29, 1.82) is 0 Å². The van der Waals surface area contributed by atoms with E-state index < -0.39 is 0 Å². The summed E-state index contributed by atoms with van der Waals surface area (Å²) in [6, 6.07) is 15.6. The highest BCUT2D eigenvalue weighted by atomic mass is 16.5. The summed E-state index contributed by atoms with van der Waals surface area (Å²) in [6.45, 7) is 0.